The molecule has 0 spiro atoms. The van der Waals surface area contributed by atoms with Crippen molar-refractivity contribution in [1.29, 1.82) is 0 Å². The van der Waals surface area contributed by atoms with Gasteiger partial charge in [0.1, 0.15) is 0 Å². The Labute approximate surface area is 109 Å². The molecule has 0 saturated carbocycles. The largest absolute Gasteiger partial charge is 0.313 e. The lowest BCUT2D eigenvalue weighted by molar-refractivity contribution is 0.577. The van der Waals surface area contributed by atoms with Crippen molar-refractivity contribution < 1.29 is 0 Å². The third kappa shape index (κ3) is 2.46. The smallest absolute Gasteiger partial charge is 0.0648 e. The van der Waals surface area contributed by atoms with Crippen LogP contribution in [0.1, 0.15) is 36.3 Å². The quantitative estimate of drug-likeness (QED) is 0.894. The van der Waals surface area contributed by atoms with Gasteiger partial charge in [0.2, 0.25) is 0 Å². The molecule has 0 radical (unpaired) electrons. The van der Waals surface area contributed by atoms with Crippen molar-refractivity contribution in [2.45, 2.75) is 33.2 Å². The molecule has 3 nitrogen and oxygen atoms in total. The molecule has 0 aliphatic rings. The average Bonchev–Trinajstić information content (AvgIpc) is 2.71. The van der Waals surface area contributed by atoms with Crippen LogP contribution in [0.3, 0.4) is 0 Å². The molecule has 18 heavy (non-hydrogen) atoms. The molecule has 1 unspecified atom stereocenters. The Balaban J connectivity index is 2.30. The molecule has 1 heterocycles. The molecule has 0 aliphatic heterocycles. The normalized spacial score (nSPS) is 12.7. The van der Waals surface area contributed by atoms with E-state index in [0.717, 1.165) is 17.8 Å². The van der Waals surface area contributed by atoms with E-state index in [1.165, 1.54) is 11.3 Å². The van der Waals surface area contributed by atoms with Crippen LogP contribution in [-0.2, 0) is 0 Å². The molecule has 1 aromatic heterocycles. The van der Waals surface area contributed by atoms with Crippen LogP contribution in [0.5, 0.6) is 0 Å². The van der Waals surface area contributed by atoms with Crippen LogP contribution in [0.15, 0.2) is 30.3 Å². The van der Waals surface area contributed by atoms with E-state index in [9.17, 15) is 0 Å². The van der Waals surface area contributed by atoms with Crippen molar-refractivity contribution in [3.8, 4) is 5.69 Å². The van der Waals surface area contributed by atoms with Crippen molar-refractivity contribution in [2.75, 3.05) is 7.05 Å². The Bertz CT molecular complexity index is 507. The minimum atomic E-state index is 0.430. The molecular formula is C15H21N3. The molecule has 0 fully saturated rings. The predicted molar refractivity (Wildman–Crippen MR) is 75.1 cm³/mol. The lowest BCUT2D eigenvalue weighted by atomic mass is 10.0. The lowest BCUT2D eigenvalue weighted by Crippen LogP contribution is -2.15. The zero-order chi connectivity index (χ0) is 13.1. The number of aromatic nitrogens is 2. The van der Waals surface area contributed by atoms with Gasteiger partial charge in [0.15, 0.2) is 0 Å². The molecule has 1 aromatic carbocycles. The SMILES string of the molecule is CCC(NC)c1ccc(-n2nc(C)cc2C)cc1. The first-order valence-electron chi connectivity index (χ1n) is 6.46. The van der Waals surface area contributed by atoms with Gasteiger partial charge < -0.3 is 5.32 Å². The van der Waals surface area contributed by atoms with Crippen LogP contribution in [0.2, 0.25) is 0 Å². The second-order valence-corrected chi connectivity index (χ2v) is 4.68. The Morgan fingerprint density at radius 1 is 1.22 bits per heavy atom. The predicted octanol–water partition coefficient (Wildman–Crippen LogP) is 3.16. The van der Waals surface area contributed by atoms with Crippen LogP contribution in [0.4, 0.5) is 0 Å². The van der Waals surface area contributed by atoms with Crippen LogP contribution < -0.4 is 5.32 Å². The zero-order valence-electron chi connectivity index (χ0n) is 11.6. The first-order chi connectivity index (χ1) is 8.65. The molecular weight excluding hydrogens is 222 g/mol. The van der Waals surface area contributed by atoms with Crippen molar-refractivity contribution >= 4 is 0 Å². The van der Waals surface area contributed by atoms with E-state index in [4.69, 9.17) is 0 Å². The van der Waals surface area contributed by atoms with Gasteiger partial charge >= 0.3 is 0 Å². The highest BCUT2D eigenvalue weighted by molar-refractivity contribution is 5.36. The number of hydrogen-bond donors (Lipinski definition) is 1. The third-order valence-corrected chi connectivity index (χ3v) is 3.31. The van der Waals surface area contributed by atoms with Crippen molar-refractivity contribution in [1.82, 2.24) is 15.1 Å². The lowest BCUT2D eigenvalue weighted by Gasteiger charge is -2.14. The fourth-order valence-corrected chi connectivity index (χ4v) is 2.34. The van der Waals surface area contributed by atoms with Gasteiger partial charge in [-0.15, -0.1) is 0 Å². The van der Waals surface area contributed by atoms with Crippen molar-refractivity contribution in [3.63, 3.8) is 0 Å². The summed E-state index contributed by atoms with van der Waals surface area (Å²) in [5.41, 5.74) is 4.67. The number of aryl methyl sites for hydroxylation is 2. The highest BCUT2D eigenvalue weighted by atomic mass is 15.3. The second kappa shape index (κ2) is 5.36. The minimum absolute atomic E-state index is 0.430. The number of hydrogen-bond acceptors (Lipinski definition) is 2. The average molecular weight is 243 g/mol. The fourth-order valence-electron chi connectivity index (χ4n) is 2.34. The summed E-state index contributed by atoms with van der Waals surface area (Å²) in [6.07, 6.45) is 1.09. The number of nitrogens with zero attached hydrogens (tertiary/aromatic N) is 2. The van der Waals surface area contributed by atoms with Gasteiger partial charge in [0.25, 0.3) is 0 Å². The van der Waals surface area contributed by atoms with Gasteiger partial charge in [-0.1, -0.05) is 19.1 Å². The third-order valence-electron chi connectivity index (χ3n) is 3.31. The van der Waals surface area contributed by atoms with E-state index in [1.54, 1.807) is 0 Å². The Hall–Kier alpha value is -1.61. The second-order valence-electron chi connectivity index (χ2n) is 4.68. The molecule has 3 heteroatoms. The summed E-state index contributed by atoms with van der Waals surface area (Å²) in [5, 5.41) is 7.82. The number of nitrogens with one attached hydrogen (secondary N) is 1. The molecule has 1 atom stereocenters. The summed E-state index contributed by atoms with van der Waals surface area (Å²) in [4.78, 5) is 0. The van der Waals surface area contributed by atoms with Gasteiger partial charge in [-0.05, 0) is 51.1 Å². The van der Waals surface area contributed by atoms with Crippen LogP contribution in [0, 0.1) is 13.8 Å². The van der Waals surface area contributed by atoms with E-state index >= 15 is 0 Å². The first kappa shape index (κ1) is 12.8. The molecule has 0 aliphatic carbocycles. The molecule has 0 bridgehead atoms. The van der Waals surface area contributed by atoms with Crippen LogP contribution in [0.25, 0.3) is 5.69 Å². The van der Waals surface area contributed by atoms with Gasteiger partial charge in [0.05, 0.1) is 11.4 Å². The molecule has 0 amide bonds. The summed E-state index contributed by atoms with van der Waals surface area (Å²) in [7, 11) is 2.00. The molecule has 2 aromatic rings. The topological polar surface area (TPSA) is 29.9 Å². The van der Waals surface area contributed by atoms with Gasteiger partial charge in [-0.2, -0.15) is 5.10 Å². The monoisotopic (exact) mass is 243 g/mol. The van der Waals surface area contributed by atoms with E-state index < -0.39 is 0 Å². The van der Waals surface area contributed by atoms with Gasteiger partial charge in [-0.25, -0.2) is 4.68 Å². The van der Waals surface area contributed by atoms with Crippen LogP contribution >= 0.6 is 0 Å². The molecule has 96 valence electrons. The Morgan fingerprint density at radius 2 is 1.89 bits per heavy atom. The van der Waals surface area contributed by atoms with Crippen LogP contribution in [-0.4, -0.2) is 16.8 Å². The summed E-state index contributed by atoms with van der Waals surface area (Å²) < 4.78 is 1.99. The van der Waals surface area contributed by atoms with Crippen molar-refractivity contribution in [3.05, 3.63) is 47.3 Å². The van der Waals surface area contributed by atoms with Gasteiger partial charge in [0, 0.05) is 11.7 Å². The highest BCUT2D eigenvalue weighted by Gasteiger charge is 2.07. The molecule has 0 saturated heterocycles. The van der Waals surface area contributed by atoms with E-state index in [2.05, 4.69) is 54.6 Å². The fraction of sp³-hybridized carbons (Fsp3) is 0.400. The molecule has 2 rings (SSSR count). The Kier molecular flexibility index (Phi) is 3.82. The Morgan fingerprint density at radius 3 is 2.33 bits per heavy atom. The summed E-state index contributed by atoms with van der Waals surface area (Å²) in [6, 6.07) is 11.1. The minimum Gasteiger partial charge on any atom is -0.313 e. The maximum absolute atomic E-state index is 4.50. The standard InChI is InChI=1S/C15H21N3/c1-5-15(16-4)13-6-8-14(9-7-13)18-12(3)10-11(2)17-18/h6-10,15-16H,5H2,1-4H3. The summed E-state index contributed by atoms with van der Waals surface area (Å²) in [5.74, 6) is 0. The van der Waals surface area contributed by atoms with E-state index in [-0.39, 0.29) is 0 Å². The van der Waals surface area contributed by atoms with E-state index in [0.29, 0.717) is 6.04 Å². The molecule has 1 N–H and O–H groups in total. The highest BCUT2D eigenvalue weighted by Crippen LogP contribution is 2.19. The number of benzene rings is 1. The number of rotatable bonds is 4. The summed E-state index contributed by atoms with van der Waals surface area (Å²) in [6.45, 7) is 6.29. The van der Waals surface area contributed by atoms with Gasteiger partial charge in [-0.3, -0.25) is 0 Å². The van der Waals surface area contributed by atoms with Crippen molar-refractivity contribution in [2.24, 2.45) is 0 Å². The summed E-state index contributed by atoms with van der Waals surface area (Å²) >= 11 is 0. The zero-order valence-corrected chi connectivity index (χ0v) is 11.6. The first-order valence-corrected chi connectivity index (χ1v) is 6.46. The maximum Gasteiger partial charge on any atom is 0.0648 e. The maximum atomic E-state index is 4.50. The van der Waals surface area contributed by atoms with E-state index in [1.807, 2.05) is 18.7 Å².